The van der Waals surface area contributed by atoms with Crippen LogP contribution in [-0.4, -0.2) is 21.5 Å². The van der Waals surface area contributed by atoms with Crippen molar-refractivity contribution in [2.45, 2.75) is 20.1 Å². The van der Waals surface area contributed by atoms with Gasteiger partial charge in [0.1, 0.15) is 29.0 Å². The number of carbonyl (C=O) groups is 2. The third kappa shape index (κ3) is 5.67. The van der Waals surface area contributed by atoms with Crippen LogP contribution in [0.15, 0.2) is 71.3 Å². The molecule has 0 spiro atoms. The second kappa shape index (κ2) is 9.70. The predicted molar refractivity (Wildman–Crippen MR) is 120 cm³/mol. The van der Waals surface area contributed by atoms with Crippen LogP contribution >= 0.6 is 11.6 Å². The van der Waals surface area contributed by atoms with Crippen LogP contribution < -0.4 is 10.1 Å². The van der Waals surface area contributed by atoms with E-state index in [1.165, 1.54) is 29.8 Å². The molecule has 2 aromatic carbocycles. The third-order valence-electron chi connectivity index (χ3n) is 4.71. The Balaban J connectivity index is 1.35. The van der Waals surface area contributed by atoms with E-state index >= 15 is 0 Å². The van der Waals surface area contributed by atoms with Crippen molar-refractivity contribution in [1.82, 2.24) is 9.78 Å². The first kappa shape index (κ1) is 22.3. The van der Waals surface area contributed by atoms with E-state index in [0.717, 1.165) is 0 Å². The van der Waals surface area contributed by atoms with Gasteiger partial charge in [0.2, 0.25) is 0 Å². The minimum Gasteiger partial charge on any atom is -0.486 e. The fraction of sp³-hybridized carbons (Fsp3) is 0.125. The summed E-state index contributed by atoms with van der Waals surface area (Å²) in [6.45, 7) is 1.89. The van der Waals surface area contributed by atoms with Gasteiger partial charge in [-0.25, -0.2) is 4.39 Å². The molecule has 4 rings (SSSR count). The zero-order valence-corrected chi connectivity index (χ0v) is 18.3. The molecule has 0 atom stereocenters. The number of ketones is 1. The number of nitrogens with zero attached hydrogens (tertiary/aromatic N) is 2. The molecule has 0 aliphatic heterocycles. The maximum atomic E-state index is 13.4. The summed E-state index contributed by atoms with van der Waals surface area (Å²) in [6.07, 6.45) is 1.54. The average molecular weight is 468 g/mol. The Hall–Kier alpha value is -3.91. The van der Waals surface area contributed by atoms with Gasteiger partial charge in [-0.1, -0.05) is 23.7 Å². The molecule has 0 bridgehead atoms. The van der Waals surface area contributed by atoms with Gasteiger partial charge in [0.15, 0.2) is 17.4 Å². The maximum absolute atomic E-state index is 13.4. The number of aromatic nitrogens is 2. The molecule has 2 heterocycles. The van der Waals surface area contributed by atoms with Gasteiger partial charge < -0.3 is 14.5 Å². The average Bonchev–Trinajstić information content (AvgIpc) is 3.39. The van der Waals surface area contributed by atoms with E-state index in [4.69, 9.17) is 20.8 Å². The number of nitrogens with one attached hydrogen (secondary N) is 1. The van der Waals surface area contributed by atoms with E-state index in [1.54, 1.807) is 48.7 Å². The van der Waals surface area contributed by atoms with Crippen molar-refractivity contribution in [2.75, 3.05) is 5.32 Å². The van der Waals surface area contributed by atoms with E-state index in [2.05, 4.69) is 10.4 Å². The van der Waals surface area contributed by atoms with Crippen LogP contribution in [0.3, 0.4) is 0 Å². The Labute approximate surface area is 193 Å². The summed E-state index contributed by atoms with van der Waals surface area (Å²) < 4.78 is 26.0. The fourth-order valence-corrected chi connectivity index (χ4v) is 3.27. The van der Waals surface area contributed by atoms with E-state index in [0.29, 0.717) is 29.2 Å². The molecule has 1 amide bonds. The van der Waals surface area contributed by atoms with Gasteiger partial charge in [-0.05, 0) is 61.0 Å². The third-order valence-corrected chi connectivity index (χ3v) is 4.99. The molecule has 33 heavy (non-hydrogen) atoms. The van der Waals surface area contributed by atoms with Crippen molar-refractivity contribution in [1.29, 1.82) is 0 Å². The Morgan fingerprint density at radius 2 is 1.94 bits per heavy atom. The highest BCUT2D eigenvalue weighted by atomic mass is 35.5. The first-order chi connectivity index (χ1) is 15.9. The number of amides is 1. The molecule has 0 aliphatic rings. The van der Waals surface area contributed by atoms with Crippen molar-refractivity contribution in [3.63, 3.8) is 0 Å². The Morgan fingerprint density at radius 3 is 2.67 bits per heavy atom. The molecular weight excluding hydrogens is 449 g/mol. The summed E-state index contributed by atoms with van der Waals surface area (Å²) >= 11 is 6.18. The molecule has 0 radical (unpaired) electrons. The number of Topliss-reactive ketones (excluding diaryl/α,β-unsaturated/α-hetero) is 1. The zero-order valence-electron chi connectivity index (χ0n) is 17.5. The number of hydrogen-bond donors (Lipinski definition) is 1. The topological polar surface area (TPSA) is 86.4 Å². The Morgan fingerprint density at radius 1 is 1.15 bits per heavy atom. The van der Waals surface area contributed by atoms with Crippen LogP contribution in [-0.2, 0) is 13.2 Å². The van der Waals surface area contributed by atoms with E-state index in [-0.39, 0.29) is 34.8 Å². The first-order valence-electron chi connectivity index (χ1n) is 9.98. The number of hydrogen-bond acceptors (Lipinski definition) is 5. The summed E-state index contributed by atoms with van der Waals surface area (Å²) in [5.41, 5.74) is 1.30. The monoisotopic (exact) mass is 467 g/mol. The zero-order chi connectivity index (χ0) is 23.4. The highest BCUT2D eigenvalue weighted by Crippen LogP contribution is 2.22. The van der Waals surface area contributed by atoms with Crippen LogP contribution in [0, 0.1) is 5.82 Å². The van der Waals surface area contributed by atoms with Gasteiger partial charge in [-0.3, -0.25) is 14.3 Å². The van der Waals surface area contributed by atoms with Crippen LogP contribution in [0.4, 0.5) is 10.2 Å². The van der Waals surface area contributed by atoms with E-state index < -0.39 is 5.91 Å². The van der Waals surface area contributed by atoms with Crippen LogP contribution in [0.25, 0.3) is 0 Å². The minimum absolute atomic E-state index is 0.0258. The second-order valence-corrected chi connectivity index (χ2v) is 7.65. The molecule has 0 saturated heterocycles. The lowest BCUT2D eigenvalue weighted by Crippen LogP contribution is -2.12. The Bertz CT molecular complexity index is 1300. The lowest BCUT2D eigenvalue weighted by molar-refractivity contribution is 0.0990. The molecule has 2 aromatic heterocycles. The standard InChI is InChI=1S/C24H19ClFN3O4/c1-15(30)17-5-7-19(8-6-17)32-14-20-9-10-22(33-20)24(31)27-23-21(25)13-29(28-23)12-16-3-2-4-18(26)11-16/h2-11,13H,12,14H2,1H3,(H,27,28,31). The quantitative estimate of drug-likeness (QED) is 0.353. The predicted octanol–water partition coefficient (Wildman–Crippen LogP) is 5.35. The van der Waals surface area contributed by atoms with E-state index in [1.807, 2.05) is 0 Å². The normalized spacial score (nSPS) is 10.8. The summed E-state index contributed by atoms with van der Waals surface area (Å²) in [5.74, 6) is 0.350. The molecule has 0 saturated carbocycles. The lowest BCUT2D eigenvalue weighted by Gasteiger charge is -2.05. The highest BCUT2D eigenvalue weighted by Gasteiger charge is 2.16. The molecule has 4 aromatic rings. The molecule has 0 fully saturated rings. The number of halogens is 2. The number of benzene rings is 2. The van der Waals surface area contributed by atoms with E-state index in [9.17, 15) is 14.0 Å². The smallest absolute Gasteiger partial charge is 0.292 e. The number of anilines is 1. The summed E-state index contributed by atoms with van der Waals surface area (Å²) in [5, 5.41) is 7.09. The molecule has 168 valence electrons. The van der Waals surface area contributed by atoms with Gasteiger partial charge in [-0.15, -0.1) is 0 Å². The first-order valence-corrected chi connectivity index (χ1v) is 10.4. The molecule has 9 heteroatoms. The van der Waals surface area contributed by atoms with Gasteiger partial charge >= 0.3 is 0 Å². The van der Waals surface area contributed by atoms with Gasteiger partial charge in [0, 0.05) is 11.8 Å². The molecular formula is C24H19ClFN3O4. The van der Waals surface area contributed by atoms with Crippen molar-refractivity contribution in [2.24, 2.45) is 0 Å². The van der Waals surface area contributed by atoms with Crippen molar-refractivity contribution in [3.8, 4) is 5.75 Å². The largest absolute Gasteiger partial charge is 0.486 e. The highest BCUT2D eigenvalue weighted by molar-refractivity contribution is 6.33. The van der Waals surface area contributed by atoms with Crippen LogP contribution in [0.2, 0.25) is 5.02 Å². The summed E-state index contributed by atoms with van der Waals surface area (Å²) in [7, 11) is 0. The van der Waals surface area contributed by atoms with Gasteiger partial charge in [-0.2, -0.15) is 5.10 Å². The fourth-order valence-electron chi connectivity index (χ4n) is 3.07. The number of carbonyl (C=O) groups excluding carboxylic acids is 2. The maximum Gasteiger partial charge on any atom is 0.292 e. The van der Waals surface area contributed by atoms with Crippen LogP contribution in [0.5, 0.6) is 5.75 Å². The van der Waals surface area contributed by atoms with Crippen LogP contribution in [0.1, 0.15) is 39.2 Å². The van der Waals surface area contributed by atoms with Crippen molar-refractivity contribution < 1.29 is 23.1 Å². The molecule has 0 aliphatic carbocycles. The SMILES string of the molecule is CC(=O)c1ccc(OCc2ccc(C(=O)Nc3nn(Cc4cccc(F)c4)cc3Cl)o2)cc1. The van der Waals surface area contributed by atoms with Crippen molar-refractivity contribution in [3.05, 3.63) is 100 Å². The van der Waals surface area contributed by atoms with Gasteiger partial charge in [0.25, 0.3) is 5.91 Å². The summed E-state index contributed by atoms with van der Waals surface area (Å²) in [6, 6.07) is 16.0. The minimum atomic E-state index is -0.523. The molecule has 7 nitrogen and oxygen atoms in total. The van der Waals surface area contributed by atoms with Crippen molar-refractivity contribution >= 4 is 29.1 Å². The second-order valence-electron chi connectivity index (χ2n) is 7.24. The molecule has 0 unspecified atom stereocenters. The number of ether oxygens (including phenoxy) is 1. The number of furan rings is 1. The van der Waals surface area contributed by atoms with Gasteiger partial charge in [0.05, 0.1) is 6.54 Å². The lowest BCUT2D eigenvalue weighted by atomic mass is 10.1. The Kier molecular flexibility index (Phi) is 6.55. The molecule has 1 N–H and O–H groups in total. The number of rotatable bonds is 8. The summed E-state index contributed by atoms with van der Waals surface area (Å²) in [4.78, 5) is 23.9.